The van der Waals surface area contributed by atoms with Crippen LogP contribution in [-0.4, -0.2) is 14.9 Å². The molecule has 1 unspecified atom stereocenters. The first-order valence-corrected chi connectivity index (χ1v) is 10.3. The van der Waals surface area contributed by atoms with Crippen molar-refractivity contribution in [2.24, 2.45) is 0 Å². The molecule has 0 spiro atoms. The fourth-order valence-electron chi connectivity index (χ4n) is 2.74. The second kappa shape index (κ2) is 9.30. The molecule has 0 bridgehead atoms. The largest absolute Gasteiger partial charge is 0.332 e. The van der Waals surface area contributed by atoms with Gasteiger partial charge in [-0.3, -0.25) is 4.68 Å². The first-order chi connectivity index (χ1) is 13.4. The van der Waals surface area contributed by atoms with Gasteiger partial charge in [0.05, 0.1) is 11.0 Å². The van der Waals surface area contributed by atoms with Crippen LogP contribution in [-0.2, 0) is 6.54 Å². The van der Waals surface area contributed by atoms with Crippen LogP contribution in [0.4, 0.5) is 15.9 Å². The van der Waals surface area contributed by atoms with Gasteiger partial charge in [0.25, 0.3) is 0 Å². The molecule has 2 aromatic carbocycles. The van der Waals surface area contributed by atoms with Crippen molar-refractivity contribution in [3.8, 4) is 0 Å². The lowest BCUT2D eigenvalue weighted by Gasteiger charge is -2.12. The molecular formula is C21H22BrFN4S. The minimum atomic E-state index is -0.249. The third-order valence-electron chi connectivity index (χ3n) is 4.56. The molecule has 4 nitrogen and oxygen atoms in total. The zero-order chi connectivity index (χ0) is 20.1. The Bertz CT molecular complexity index is 938. The summed E-state index contributed by atoms with van der Waals surface area (Å²) in [6.45, 7) is 4.94. The van der Waals surface area contributed by atoms with Crippen molar-refractivity contribution < 1.29 is 4.39 Å². The summed E-state index contributed by atoms with van der Waals surface area (Å²) >= 11 is 8.90. The minimum absolute atomic E-state index is 0.249. The van der Waals surface area contributed by atoms with Crippen LogP contribution < -0.4 is 10.6 Å². The van der Waals surface area contributed by atoms with Crippen molar-refractivity contribution in [3.63, 3.8) is 0 Å². The zero-order valence-electron chi connectivity index (χ0n) is 15.7. The standard InChI is InChI=1S/C21H22BrFN4S/c1-3-14(2)16-6-10-18(11-7-16)24-21(28)25-20-19(22)13-27(26-20)12-15-4-8-17(23)9-5-15/h4-11,13-14H,3,12H2,1-2H3,(H2,24,25,26,28). The number of aromatic nitrogens is 2. The van der Waals surface area contributed by atoms with Gasteiger partial charge in [-0.1, -0.05) is 38.1 Å². The molecule has 0 aliphatic rings. The van der Waals surface area contributed by atoms with Crippen molar-refractivity contribution in [1.82, 2.24) is 9.78 Å². The van der Waals surface area contributed by atoms with Crippen molar-refractivity contribution in [1.29, 1.82) is 0 Å². The number of halogens is 2. The fourth-order valence-corrected chi connectivity index (χ4v) is 3.37. The third kappa shape index (κ3) is 5.39. The number of anilines is 2. The highest BCUT2D eigenvalue weighted by molar-refractivity contribution is 9.10. The molecule has 3 rings (SSSR count). The highest BCUT2D eigenvalue weighted by Crippen LogP contribution is 2.23. The summed E-state index contributed by atoms with van der Waals surface area (Å²) < 4.78 is 15.6. The molecule has 146 valence electrons. The smallest absolute Gasteiger partial charge is 0.176 e. The van der Waals surface area contributed by atoms with Crippen LogP contribution in [0.2, 0.25) is 0 Å². The third-order valence-corrected chi connectivity index (χ3v) is 5.34. The fraction of sp³-hybridized carbons (Fsp3) is 0.238. The van der Waals surface area contributed by atoms with Gasteiger partial charge in [-0.2, -0.15) is 5.10 Å². The van der Waals surface area contributed by atoms with E-state index in [0.717, 1.165) is 22.1 Å². The zero-order valence-corrected chi connectivity index (χ0v) is 18.1. The van der Waals surface area contributed by atoms with Crippen molar-refractivity contribution in [2.75, 3.05) is 10.6 Å². The van der Waals surface area contributed by atoms with Gasteiger partial charge in [0, 0.05) is 11.9 Å². The Morgan fingerprint density at radius 1 is 1.14 bits per heavy atom. The summed E-state index contributed by atoms with van der Waals surface area (Å²) in [5.41, 5.74) is 3.20. The van der Waals surface area contributed by atoms with E-state index in [9.17, 15) is 4.39 Å². The van der Waals surface area contributed by atoms with E-state index in [0.29, 0.717) is 23.4 Å². The molecule has 0 amide bonds. The van der Waals surface area contributed by atoms with Crippen molar-refractivity contribution >= 4 is 44.8 Å². The van der Waals surface area contributed by atoms with Gasteiger partial charge in [0.2, 0.25) is 0 Å². The summed E-state index contributed by atoms with van der Waals surface area (Å²) in [4.78, 5) is 0. The van der Waals surface area contributed by atoms with Gasteiger partial charge < -0.3 is 10.6 Å². The molecule has 7 heteroatoms. The Kier molecular flexibility index (Phi) is 6.80. The Hall–Kier alpha value is -2.25. The molecule has 0 aliphatic carbocycles. The number of benzene rings is 2. The lowest BCUT2D eigenvalue weighted by atomic mass is 9.99. The van der Waals surface area contributed by atoms with E-state index in [1.165, 1.54) is 17.7 Å². The molecule has 1 heterocycles. The maximum absolute atomic E-state index is 13.0. The van der Waals surface area contributed by atoms with E-state index in [2.05, 4.69) is 57.6 Å². The van der Waals surface area contributed by atoms with Crippen LogP contribution in [0, 0.1) is 5.82 Å². The van der Waals surface area contributed by atoms with E-state index in [1.807, 2.05) is 18.3 Å². The van der Waals surface area contributed by atoms with Gasteiger partial charge >= 0.3 is 0 Å². The maximum Gasteiger partial charge on any atom is 0.176 e. The van der Waals surface area contributed by atoms with Gasteiger partial charge in [-0.15, -0.1) is 0 Å². The second-order valence-corrected chi connectivity index (χ2v) is 7.92. The first kappa shape index (κ1) is 20.5. The molecule has 0 saturated heterocycles. The van der Waals surface area contributed by atoms with Gasteiger partial charge in [-0.25, -0.2) is 4.39 Å². The highest BCUT2D eigenvalue weighted by atomic mass is 79.9. The Morgan fingerprint density at radius 3 is 2.46 bits per heavy atom. The summed E-state index contributed by atoms with van der Waals surface area (Å²) in [5.74, 6) is 0.914. The van der Waals surface area contributed by atoms with E-state index < -0.39 is 0 Å². The van der Waals surface area contributed by atoms with E-state index in [1.54, 1.807) is 16.8 Å². The second-order valence-electron chi connectivity index (χ2n) is 6.66. The number of rotatable bonds is 6. The summed E-state index contributed by atoms with van der Waals surface area (Å²) in [5, 5.41) is 11.2. The number of hydrogen-bond acceptors (Lipinski definition) is 2. The molecule has 2 N–H and O–H groups in total. The lowest BCUT2D eigenvalue weighted by Crippen LogP contribution is -2.19. The van der Waals surface area contributed by atoms with E-state index in [4.69, 9.17) is 12.2 Å². The van der Waals surface area contributed by atoms with Gasteiger partial charge in [0.1, 0.15) is 5.82 Å². The average molecular weight is 461 g/mol. The van der Waals surface area contributed by atoms with Crippen LogP contribution in [0.5, 0.6) is 0 Å². The maximum atomic E-state index is 13.0. The predicted molar refractivity (Wildman–Crippen MR) is 120 cm³/mol. The van der Waals surface area contributed by atoms with E-state index >= 15 is 0 Å². The Labute approximate surface area is 178 Å². The molecular weight excluding hydrogens is 439 g/mol. The van der Waals surface area contributed by atoms with Crippen LogP contribution >= 0.6 is 28.1 Å². The average Bonchev–Trinajstić information content (AvgIpc) is 3.02. The monoisotopic (exact) mass is 460 g/mol. The highest BCUT2D eigenvalue weighted by Gasteiger charge is 2.09. The predicted octanol–water partition coefficient (Wildman–Crippen LogP) is 6.16. The quantitative estimate of drug-likeness (QED) is 0.432. The van der Waals surface area contributed by atoms with E-state index in [-0.39, 0.29) is 5.82 Å². The Balaban J connectivity index is 1.61. The summed E-state index contributed by atoms with van der Waals surface area (Å²) in [6, 6.07) is 14.7. The van der Waals surface area contributed by atoms with Gasteiger partial charge in [0.15, 0.2) is 10.9 Å². The molecule has 0 radical (unpaired) electrons. The molecule has 1 atom stereocenters. The summed E-state index contributed by atoms with van der Waals surface area (Å²) in [7, 11) is 0. The van der Waals surface area contributed by atoms with Crippen LogP contribution in [0.15, 0.2) is 59.2 Å². The van der Waals surface area contributed by atoms with Crippen LogP contribution in [0.3, 0.4) is 0 Å². The van der Waals surface area contributed by atoms with Crippen LogP contribution in [0.1, 0.15) is 37.3 Å². The molecule has 1 aromatic heterocycles. The molecule has 0 saturated carbocycles. The normalized spacial score (nSPS) is 11.9. The molecule has 28 heavy (non-hydrogen) atoms. The van der Waals surface area contributed by atoms with Crippen molar-refractivity contribution in [3.05, 3.63) is 76.1 Å². The first-order valence-electron chi connectivity index (χ1n) is 9.10. The van der Waals surface area contributed by atoms with Gasteiger partial charge in [-0.05, 0) is 75.9 Å². The summed E-state index contributed by atoms with van der Waals surface area (Å²) in [6.07, 6.45) is 2.97. The number of hydrogen-bond donors (Lipinski definition) is 2. The lowest BCUT2D eigenvalue weighted by molar-refractivity contribution is 0.624. The number of thiocarbonyl (C=S) groups is 1. The number of nitrogens with zero attached hydrogens (tertiary/aromatic N) is 2. The molecule has 3 aromatic rings. The van der Waals surface area contributed by atoms with Crippen molar-refractivity contribution in [2.45, 2.75) is 32.7 Å². The SMILES string of the molecule is CCC(C)c1ccc(NC(=S)Nc2nn(Cc3ccc(F)cc3)cc2Br)cc1. The number of nitrogens with one attached hydrogen (secondary N) is 2. The Morgan fingerprint density at radius 2 is 1.82 bits per heavy atom. The molecule has 0 aliphatic heterocycles. The molecule has 0 fully saturated rings. The topological polar surface area (TPSA) is 41.9 Å². The van der Waals surface area contributed by atoms with Crippen LogP contribution in [0.25, 0.3) is 0 Å². The minimum Gasteiger partial charge on any atom is -0.332 e.